The lowest BCUT2D eigenvalue weighted by Crippen LogP contribution is -2.13. The Morgan fingerprint density at radius 1 is 1.09 bits per heavy atom. The molecule has 0 aromatic heterocycles. The number of hydrogen-bond acceptors (Lipinski definition) is 5. The molecule has 0 aliphatic rings. The molecule has 0 aliphatic carbocycles. The van der Waals surface area contributed by atoms with Gasteiger partial charge in [-0.15, -0.1) is 0 Å². The van der Waals surface area contributed by atoms with Crippen LogP contribution < -0.4 is 11.1 Å². The number of aliphatic hydroxyl groups excluding tert-OH is 2. The molecule has 6 heteroatoms. The third kappa shape index (κ3) is 7.30. The molecule has 2 aromatic carbocycles. The number of benzene rings is 2. The van der Waals surface area contributed by atoms with Crippen molar-refractivity contribution in [2.45, 2.75) is 20.1 Å². The molecular formula is C17H22N2O4. The minimum atomic E-state index is -0.484. The number of nitrogens with one attached hydrogen (secondary N) is 1. The summed E-state index contributed by atoms with van der Waals surface area (Å²) >= 11 is 0. The van der Waals surface area contributed by atoms with Gasteiger partial charge in [0.15, 0.2) is 0 Å². The van der Waals surface area contributed by atoms with E-state index in [-0.39, 0.29) is 13.2 Å². The molecule has 23 heavy (non-hydrogen) atoms. The van der Waals surface area contributed by atoms with E-state index in [1.807, 2.05) is 12.1 Å². The molecule has 2 aromatic rings. The molecule has 0 fully saturated rings. The minimum absolute atomic E-state index is 0.0433. The van der Waals surface area contributed by atoms with Crippen molar-refractivity contribution in [2.75, 3.05) is 17.7 Å². The number of hydrogen-bond donors (Lipinski definition) is 4. The Morgan fingerprint density at radius 3 is 2.22 bits per heavy atom. The fourth-order valence-electron chi connectivity index (χ4n) is 1.72. The number of nitrogens with two attached hydrogens (primary N) is 1. The van der Waals surface area contributed by atoms with Crippen molar-refractivity contribution in [3.05, 3.63) is 59.7 Å². The monoisotopic (exact) mass is 318 g/mol. The van der Waals surface area contributed by atoms with Gasteiger partial charge >= 0.3 is 6.09 Å². The molecule has 0 radical (unpaired) electrons. The van der Waals surface area contributed by atoms with Crippen LogP contribution in [0.15, 0.2) is 48.5 Å². The average molecular weight is 318 g/mol. The highest BCUT2D eigenvalue weighted by Crippen LogP contribution is 2.10. The lowest BCUT2D eigenvalue weighted by atomic mass is 10.2. The maximum Gasteiger partial charge on any atom is 0.411 e. The van der Waals surface area contributed by atoms with Gasteiger partial charge < -0.3 is 20.7 Å². The predicted octanol–water partition coefficient (Wildman–Crippen LogP) is 2.51. The van der Waals surface area contributed by atoms with Gasteiger partial charge in [0.1, 0.15) is 0 Å². The zero-order chi connectivity index (χ0) is 17.1. The SMILES string of the molecule is CCOC(=O)Nc1cccc(CO)c1.Nc1cccc(CO)c1. The van der Waals surface area contributed by atoms with E-state index >= 15 is 0 Å². The predicted molar refractivity (Wildman–Crippen MR) is 89.8 cm³/mol. The second-order valence-corrected chi connectivity index (χ2v) is 4.61. The van der Waals surface area contributed by atoms with E-state index in [1.165, 1.54) is 0 Å². The largest absolute Gasteiger partial charge is 0.450 e. The third-order valence-electron chi connectivity index (χ3n) is 2.77. The van der Waals surface area contributed by atoms with Gasteiger partial charge in [-0.3, -0.25) is 5.32 Å². The zero-order valence-corrected chi connectivity index (χ0v) is 13.0. The first-order valence-electron chi connectivity index (χ1n) is 7.18. The molecule has 1 amide bonds. The molecule has 0 heterocycles. The molecule has 0 bridgehead atoms. The van der Waals surface area contributed by atoms with Gasteiger partial charge in [0.05, 0.1) is 19.8 Å². The minimum Gasteiger partial charge on any atom is -0.450 e. The molecule has 6 nitrogen and oxygen atoms in total. The quantitative estimate of drug-likeness (QED) is 0.648. The van der Waals surface area contributed by atoms with Crippen molar-refractivity contribution in [1.82, 2.24) is 0 Å². The fourth-order valence-corrected chi connectivity index (χ4v) is 1.72. The highest BCUT2D eigenvalue weighted by molar-refractivity contribution is 5.84. The van der Waals surface area contributed by atoms with E-state index in [9.17, 15) is 4.79 Å². The normalized spacial score (nSPS) is 9.52. The second kappa shape index (κ2) is 10.2. The number of rotatable bonds is 4. The topological polar surface area (TPSA) is 105 Å². The van der Waals surface area contributed by atoms with Crippen LogP contribution in [-0.4, -0.2) is 22.9 Å². The van der Waals surface area contributed by atoms with Gasteiger partial charge in [-0.25, -0.2) is 4.79 Å². The Bertz CT molecular complexity index is 617. The van der Waals surface area contributed by atoms with Crippen LogP contribution in [0.5, 0.6) is 0 Å². The van der Waals surface area contributed by atoms with Crippen LogP contribution in [0.4, 0.5) is 16.2 Å². The number of anilines is 2. The van der Waals surface area contributed by atoms with Crippen molar-refractivity contribution in [3.63, 3.8) is 0 Å². The van der Waals surface area contributed by atoms with Gasteiger partial charge in [-0.05, 0) is 42.3 Å². The number of carbonyl (C=O) groups excluding carboxylic acids is 1. The Hall–Kier alpha value is -2.57. The van der Waals surface area contributed by atoms with E-state index in [0.29, 0.717) is 18.0 Å². The number of aliphatic hydroxyl groups is 2. The molecular weight excluding hydrogens is 296 g/mol. The summed E-state index contributed by atoms with van der Waals surface area (Å²) in [5, 5.41) is 20.0. The lowest BCUT2D eigenvalue weighted by Gasteiger charge is -2.05. The molecule has 2 rings (SSSR count). The Balaban J connectivity index is 0.000000253. The Kier molecular flexibility index (Phi) is 8.20. The van der Waals surface area contributed by atoms with E-state index in [2.05, 4.69) is 5.32 Å². The summed E-state index contributed by atoms with van der Waals surface area (Å²) in [5.41, 5.74) is 8.35. The van der Waals surface area contributed by atoms with Gasteiger partial charge in [0.25, 0.3) is 0 Å². The summed E-state index contributed by atoms with van der Waals surface area (Å²) in [4.78, 5) is 11.0. The molecule has 0 saturated heterocycles. The standard InChI is InChI=1S/C10H13NO3.C7H9NO/c1-2-14-10(13)11-9-5-3-4-8(6-9)7-12;8-7-3-1-2-6(4-7)5-9/h3-6,12H,2,7H2,1H3,(H,11,13);1-4,9H,5,8H2. The van der Waals surface area contributed by atoms with Crippen molar-refractivity contribution in [1.29, 1.82) is 0 Å². The maximum absolute atomic E-state index is 11.0. The maximum atomic E-state index is 11.0. The smallest absolute Gasteiger partial charge is 0.411 e. The van der Waals surface area contributed by atoms with Crippen LogP contribution in [0.25, 0.3) is 0 Å². The number of ether oxygens (including phenoxy) is 1. The summed E-state index contributed by atoms with van der Waals surface area (Å²) in [6, 6.07) is 14.1. The van der Waals surface area contributed by atoms with E-state index in [0.717, 1.165) is 11.1 Å². The molecule has 0 saturated carbocycles. The van der Waals surface area contributed by atoms with Crippen molar-refractivity contribution < 1.29 is 19.7 Å². The first-order chi connectivity index (χ1) is 11.1. The zero-order valence-electron chi connectivity index (χ0n) is 13.0. The first kappa shape index (κ1) is 18.5. The summed E-state index contributed by atoms with van der Waals surface area (Å²) in [5.74, 6) is 0. The molecule has 5 N–H and O–H groups in total. The van der Waals surface area contributed by atoms with E-state index in [1.54, 1.807) is 43.3 Å². The van der Waals surface area contributed by atoms with E-state index < -0.39 is 6.09 Å². The summed E-state index contributed by atoms with van der Waals surface area (Å²) in [6.45, 7) is 2.10. The first-order valence-corrected chi connectivity index (χ1v) is 7.18. The molecule has 0 unspecified atom stereocenters. The average Bonchev–Trinajstić information content (AvgIpc) is 2.55. The summed E-state index contributed by atoms with van der Waals surface area (Å²) in [6.07, 6.45) is -0.484. The number of nitrogen functional groups attached to an aromatic ring is 1. The number of carbonyl (C=O) groups is 1. The van der Waals surface area contributed by atoms with Crippen LogP contribution in [0.2, 0.25) is 0 Å². The molecule has 124 valence electrons. The van der Waals surface area contributed by atoms with Gasteiger partial charge in [0.2, 0.25) is 0 Å². The molecule has 0 aliphatic heterocycles. The molecule has 0 spiro atoms. The highest BCUT2D eigenvalue weighted by atomic mass is 16.5. The Labute approximate surface area is 135 Å². The fraction of sp³-hybridized carbons (Fsp3) is 0.235. The molecule has 0 atom stereocenters. The van der Waals surface area contributed by atoms with E-state index in [4.69, 9.17) is 20.7 Å². The van der Waals surface area contributed by atoms with Gasteiger partial charge in [0, 0.05) is 11.4 Å². The van der Waals surface area contributed by atoms with Crippen LogP contribution in [0.1, 0.15) is 18.1 Å². The van der Waals surface area contributed by atoms with Crippen LogP contribution in [0, 0.1) is 0 Å². The van der Waals surface area contributed by atoms with Gasteiger partial charge in [-0.2, -0.15) is 0 Å². The van der Waals surface area contributed by atoms with Crippen molar-refractivity contribution in [2.24, 2.45) is 0 Å². The summed E-state index contributed by atoms with van der Waals surface area (Å²) < 4.78 is 4.71. The highest BCUT2D eigenvalue weighted by Gasteiger charge is 2.01. The van der Waals surface area contributed by atoms with Crippen LogP contribution >= 0.6 is 0 Å². The Morgan fingerprint density at radius 2 is 1.70 bits per heavy atom. The van der Waals surface area contributed by atoms with Crippen LogP contribution in [0.3, 0.4) is 0 Å². The summed E-state index contributed by atoms with van der Waals surface area (Å²) in [7, 11) is 0. The second-order valence-electron chi connectivity index (χ2n) is 4.61. The third-order valence-corrected chi connectivity index (χ3v) is 2.77. The van der Waals surface area contributed by atoms with Crippen molar-refractivity contribution in [3.8, 4) is 0 Å². The van der Waals surface area contributed by atoms with Gasteiger partial charge in [-0.1, -0.05) is 24.3 Å². The lowest BCUT2D eigenvalue weighted by molar-refractivity contribution is 0.168. The van der Waals surface area contributed by atoms with Crippen LogP contribution in [-0.2, 0) is 18.0 Å². The van der Waals surface area contributed by atoms with Crippen molar-refractivity contribution >= 4 is 17.5 Å². The number of amides is 1.